The van der Waals surface area contributed by atoms with Gasteiger partial charge in [0.1, 0.15) is 0 Å². The van der Waals surface area contributed by atoms with E-state index in [4.69, 9.17) is 16.3 Å². The molecule has 1 fully saturated rings. The largest absolute Gasteiger partial charge is 0.381 e. The van der Waals surface area contributed by atoms with Crippen LogP contribution in [0.4, 0.5) is 0 Å². The predicted molar refractivity (Wildman–Crippen MR) is 60.6 cm³/mol. The average molecular weight is 256 g/mol. The van der Waals surface area contributed by atoms with Crippen molar-refractivity contribution < 1.29 is 13.2 Å². The molecule has 1 rings (SSSR count). The second-order valence-corrected chi connectivity index (χ2v) is 6.32. The van der Waals surface area contributed by atoms with Gasteiger partial charge in [-0.1, -0.05) is 6.92 Å². The Morgan fingerprint density at radius 3 is 2.60 bits per heavy atom. The lowest BCUT2D eigenvalue weighted by Crippen LogP contribution is -2.39. The monoisotopic (exact) mass is 255 g/mol. The van der Waals surface area contributed by atoms with E-state index in [-0.39, 0.29) is 11.2 Å². The van der Waals surface area contributed by atoms with Crippen LogP contribution in [0.15, 0.2) is 0 Å². The zero-order valence-corrected chi connectivity index (χ0v) is 10.5. The highest BCUT2D eigenvalue weighted by molar-refractivity contribution is 7.90. The van der Waals surface area contributed by atoms with Crippen molar-refractivity contribution in [2.45, 2.75) is 25.0 Å². The number of rotatable bonds is 5. The third-order valence-electron chi connectivity index (χ3n) is 2.50. The van der Waals surface area contributed by atoms with Crippen LogP contribution in [0.25, 0.3) is 0 Å². The fourth-order valence-corrected chi connectivity index (χ4v) is 3.09. The second-order valence-electron chi connectivity index (χ2n) is 3.96. The van der Waals surface area contributed by atoms with Crippen LogP contribution in [0, 0.1) is 5.92 Å². The Labute approximate surface area is 96.4 Å². The first-order valence-electron chi connectivity index (χ1n) is 5.18. The molecule has 15 heavy (non-hydrogen) atoms. The van der Waals surface area contributed by atoms with Crippen molar-refractivity contribution in [3.8, 4) is 0 Å². The predicted octanol–water partition coefficient (Wildman–Crippen LogP) is 0.960. The molecular formula is C9H18ClNO3S. The normalized spacial score (nSPS) is 21.5. The fraction of sp³-hybridized carbons (Fsp3) is 1.00. The average Bonchev–Trinajstić information content (AvgIpc) is 2.27. The molecule has 0 aromatic carbocycles. The highest BCUT2D eigenvalue weighted by Gasteiger charge is 2.27. The molecule has 0 aliphatic carbocycles. The lowest BCUT2D eigenvalue weighted by Gasteiger charge is -2.23. The number of ether oxygens (including phenoxy) is 1. The molecule has 1 aliphatic heterocycles. The van der Waals surface area contributed by atoms with Crippen molar-refractivity contribution in [3.63, 3.8) is 0 Å². The standard InChI is InChI=1S/C9H18ClNO3S/c1-8(6-10)7-11-15(12,13)9-2-4-14-5-3-9/h8-9,11H,2-7H2,1H3. The molecule has 0 saturated carbocycles. The maximum Gasteiger partial charge on any atom is 0.214 e. The van der Waals surface area contributed by atoms with Gasteiger partial charge in [0.25, 0.3) is 0 Å². The summed E-state index contributed by atoms with van der Waals surface area (Å²) >= 11 is 5.61. The van der Waals surface area contributed by atoms with Crippen LogP contribution < -0.4 is 4.72 Å². The summed E-state index contributed by atoms with van der Waals surface area (Å²) in [7, 11) is -3.18. The Morgan fingerprint density at radius 1 is 1.47 bits per heavy atom. The summed E-state index contributed by atoms with van der Waals surface area (Å²) in [4.78, 5) is 0. The number of alkyl halides is 1. The van der Waals surface area contributed by atoms with Crippen molar-refractivity contribution in [1.29, 1.82) is 0 Å². The molecule has 0 amide bonds. The zero-order valence-electron chi connectivity index (χ0n) is 8.91. The molecule has 1 saturated heterocycles. The minimum atomic E-state index is -3.18. The van der Waals surface area contributed by atoms with Gasteiger partial charge in [-0.05, 0) is 18.8 Å². The van der Waals surface area contributed by atoms with Gasteiger partial charge in [0.15, 0.2) is 0 Å². The summed E-state index contributed by atoms with van der Waals surface area (Å²) in [6.07, 6.45) is 1.18. The van der Waals surface area contributed by atoms with Crippen molar-refractivity contribution >= 4 is 21.6 Å². The SMILES string of the molecule is CC(CCl)CNS(=O)(=O)C1CCOCC1. The second kappa shape index (κ2) is 6.03. The highest BCUT2D eigenvalue weighted by Crippen LogP contribution is 2.14. The molecule has 0 bridgehead atoms. The van der Waals surface area contributed by atoms with Gasteiger partial charge in [-0.3, -0.25) is 0 Å². The summed E-state index contributed by atoms with van der Waals surface area (Å²) < 4.78 is 31.3. The Hall–Kier alpha value is 0.160. The summed E-state index contributed by atoms with van der Waals surface area (Å²) in [5.41, 5.74) is 0. The van der Waals surface area contributed by atoms with Crippen molar-refractivity contribution in [1.82, 2.24) is 4.72 Å². The summed E-state index contributed by atoms with van der Waals surface area (Å²) in [5, 5.41) is -0.297. The minimum Gasteiger partial charge on any atom is -0.381 e. The molecule has 0 spiro atoms. The van der Waals surface area contributed by atoms with E-state index in [9.17, 15) is 8.42 Å². The lowest BCUT2D eigenvalue weighted by atomic mass is 10.2. The Kier molecular flexibility index (Phi) is 5.32. The zero-order chi connectivity index (χ0) is 11.3. The van der Waals surface area contributed by atoms with Gasteiger partial charge >= 0.3 is 0 Å². The molecule has 1 heterocycles. The van der Waals surface area contributed by atoms with E-state index in [0.717, 1.165) is 0 Å². The highest BCUT2D eigenvalue weighted by atomic mass is 35.5. The van der Waals surface area contributed by atoms with Crippen molar-refractivity contribution in [2.75, 3.05) is 25.6 Å². The van der Waals surface area contributed by atoms with Crippen LogP contribution in [0.5, 0.6) is 0 Å². The van der Waals surface area contributed by atoms with E-state index in [2.05, 4.69) is 4.72 Å². The summed E-state index contributed by atoms with van der Waals surface area (Å²) in [6.45, 7) is 3.41. The molecule has 6 heteroatoms. The third-order valence-corrected chi connectivity index (χ3v) is 4.95. The van der Waals surface area contributed by atoms with Crippen LogP contribution >= 0.6 is 11.6 Å². The van der Waals surface area contributed by atoms with E-state index < -0.39 is 10.0 Å². The quantitative estimate of drug-likeness (QED) is 0.745. The summed E-state index contributed by atoms with van der Waals surface area (Å²) in [5.74, 6) is 0.636. The molecule has 90 valence electrons. The number of halogens is 1. The Balaban J connectivity index is 2.43. The van der Waals surface area contributed by atoms with Crippen LogP contribution in [-0.2, 0) is 14.8 Å². The van der Waals surface area contributed by atoms with Gasteiger partial charge in [0.2, 0.25) is 10.0 Å². The molecule has 0 radical (unpaired) electrons. The fourth-order valence-electron chi connectivity index (χ4n) is 1.42. The first kappa shape index (κ1) is 13.2. The molecule has 4 nitrogen and oxygen atoms in total. The Bertz CT molecular complexity index is 275. The van der Waals surface area contributed by atoms with Crippen LogP contribution in [0.2, 0.25) is 0 Å². The van der Waals surface area contributed by atoms with Gasteiger partial charge < -0.3 is 4.74 Å². The van der Waals surface area contributed by atoms with Crippen LogP contribution in [-0.4, -0.2) is 39.3 Å². The third kappa shape index (κ3) is 4.26. The van der Waals surface area contributed by atoms with Gasteiger partial charge in [-0.15, -0.1) is 11.6 Å². The molecular weight excluding hydrogens is 238 g/mol. The van der Waals surface area contributed by atoms with Crippen LogP contribution in [0.3, 0.4) is 0 Å². The van der Waals surface area contributed by atoms with E-state index in [1.165, 1.54) is 0 Å². The number of hydrogen-bond acceptors (Lipinski definition) is 3. The summed E-state index contributed by atoms with van der Waals surface area (Å²) in [6, 6.07) is 0. The van der Waals surface area contributed by atoms with E-state index >= 15 is 0 Å². The van der Waals surface area contributed by atoms with Gasteiger partial charge in [0.05, 0.1) is 5.25 Å². The van der Waals surface area contributed by atoms with Crippen molar-refractivity contribution in [2.24, 2.45) is 5.92 Å². The molecule has 1 N–H and O–H groups in total. The number of hydrogen-bond donors (Lipinski definition) is 1. The van der Waals surface area contributed by atoms with Crippen LogP contribution in [0.1, 0.15) is 19.8 Å². The number of nitrogens with one attached hydrogen (secondary N) is 1. The van der Waals surface area contributed by atoms with E-state index in [1.54, 1.807) is 0 Å². The molecule has 0 aromatic heterocycles. The Morgan fingerprint density at radius 2 is 2.07 bits per heavy atom. The first-order chi connectivity index (χ1) is 7.06. The molecule has 0 aromatic rings. The molecule has 1 atom stereocenters. The molecule has 1 aliphatic rings. The topological polar surface area (TPSA) is 55.4 Å². The first-order valence-corrected chi connectivity index (χ1v) is 7.26. The maximum atomic E-state index is 11.8. The number of sulfonamides is 1. The van der Waals surface area contributed by atoms with Gasteiger partial charge in [-0.25, -0.2) is 13.1 Å². The minimum absolute atomic E-state index is 0.168. The lowest BCUT2D eigenvalue weighted by molar-refractivity contribution is 0.0981. The van der Waals surface area contributed by atoms with Crippen molar-refractivity contribution in [3.05, 3.63) is 0 Å². The molecule has 1 unspecified atom stereocenters. The maximum absolute atomic E-state index is 11.8. The van der Waals surface area contributed by atoms with E-state index in [1.807, 2.05) is 6.92 Å². The van der Waals surface area contributed by atoms with Gasteiger partial charge in [0, 0.05) is 25.6 Å². The van der Waals surface area contributed by atoms with Gasteiger partial charge in [-0.2, -0.15) is 0 Å². The smallest absolute Gasteiger partial charge is 0.214 e. The van der Waals surface area contributed by atoms with E-state index in [0.29, 0.717) is 38.5 Å².